The first-order valence-electron chi connectivity index (χ1n) is 11.4. The molecule has 6 heteroatoms. The van der Waals surface area contributed by atoms with Gasteiger partial charge in [0.25, 0.3) is 0 Å². The van der Waals surface area contributed by atoms with Gasteiger partial charge in [0.15, 0.2) is 0 Å². The molecule has 5 aromatic rings. The summed E-state index contributed by atoms with van der Waals surface area (Å²) in [5.74, 6) is -0.520. The lowest BCUT2D eigenvalue weighted by molar-refractivity contribution is -0.120. The Kier molecular flexibility index (Phi) is 6.74. The summed E-state index contributed by atoms with van der Waals surface area (Å²) in [6.07, 6.45) is 1.68. The topological polar surface area (TPSA) is 67.8 Å². The van der Waals surface area contributed by atoms with Gasteiger partial charge < -0.3 is 4.74 Å². The number of fused-ring (bicyclic) bond motifs is 2. The molecule has 0 unspecified atom stereocenters. The second-order valence-corrected chi connectivity index (χ2v) is 8.58. The van der Waals surface area contributed by atoms with E-state index in [9.17, 15) is 9.59 Å². The van der Waals surface area contributed by atoms with Crippen molar-refractivity contribution in [3.05, 3.63) is 125 Å². The number of halogens is 1. The number of nitrogens with one attached hydrogen (secondary N) is 1. The Labute approximate surface area is 213 Å². The highest BCUT2D eigenvalue weighted by atomic mass is 35.5. The van der Waals surface area contributed by atoms with E-state index in [2.05, 4.69) is 10.5 Å². The van der Waals surface area contributed by atoms with E-state index < -0.39 is 5.97 Å². The number of nitrogens with zero attached hydrogens (tertiary/aromatic N) is 1. The van der Waals surface area contributed by atoms with E-state index in [0.29, 0.717) is 16.3 Å². The fraction of sp³-hybridized carbons (Fsp3) is 0.0333. The van der Waals surface area contributed by atoms with Crippen LogP contribution in [0.4, 0.5) is 0 Å². The van der Waals surface area contributed by atoms with E-state index in [1.54, 1.807) is 30.3 Å². The third kappa shape index (κ3) is 4.97. The number of amides is 1. The van der Waals surface area contributed by atoms with Crippen molar-refractivity contribution < 1.29 is 14.3 Å². The summed E-state index contributed by atoms with van der Waals surface area (Å²) in [6.45, 7) is 0. The van der Waals surface area contributed by atoms with Crippen LogP contribution in [0.1, 0.15) is 21.5 Å². The zero-order valence-electron chi connectivity index (χ0n) is 19.1. The first kappa shape index (κ1) is 23.3. The lowest BCUT2D eigenvalue weighted by Crippen LogP contribution is -2.20. The Hall–Kier alpha value is -4.48. The normalized spacial score (nSPS) is 11.1. The fourth-order valence-corrected chi connectivity index (χ4v) is 4.32. The van der Waals surface area contributed by atoms with Gasteiger partial charge in [0.1, 0.15) is 5.75 Å². The molecule has 5 nitrogen and oxygen atoms in total. The van der Waals surface area contributed by atoms with Crippen LogP contribution in [0.5, 0.6) is 5.75 Å². The number of hydrazone groups is 1. The summed E-state index contributed by atoms with van der Waals surface area (Å²) >= 11 is 6.17. The van der Waals surface area contributed by atoms with Gasteiger partial charge in [-0.25, -0.2) is 10.2 Å². The van der Waals surface area contributed by atoms with Gasteiger partial charge in [-0.2, -0.15) is 5.10 Å². The minimum atomic E-state index is -0.578. The Morgan fingerprint density at radius 2 is 1.44 bits per heavy atom. The van der Waals surface area contributed by atoms with Crippen LogP contribution in [0, 0.1) is 0 Å². The van der Waals surface area contributed by atoms with Crippen LogP contribution in [0.2, 0.25) is 5.02 Å². The minimum Gasteiger partial charge on any atom is -0.422 e. The van der Waals surface area contributed by atoms with Gasteiger partial charge in [-0.15, -0.1) is 0 Å². The van der Waals surface area contributed by atoms with Gasteiger partial charge in [-0.1, -0.05) is 96.5 Å². The van der Waals surface area contributed by atoms with Gasteiger partial charge >= 0.3 is 5.97 Å². The Bertz CT molecular complexity index is 1620. The molecular formula is C30H21ClN2O3. The SMILES string of the molecule is O=C(Cc1cccc2ccccc12)N/N=C\c1c(OC(=O)c2ccccc2Cl)ccc2ccccc12. The molecule has 0 saturated carbocycles. The smallest absolute Gasteiger partial charge is 0.345 e. The monoisotopic (exact) mass is 492 g/mol. The zero-order chi connectivity index (χ0) is 24.9. The standard InChI is InChI=1S/C30H21ClN2O3/c31-27-15-6-5-14-25(27)30(35)36-28-17-16-21-9-2-4-13-24(21)26(28)19-32-33-29(34)18-22-11-7-10-20-8-1-3-12-23(20)22/h1-17,19H,18H2,(H,33,34)/b32-19-. The average Bonchev–Trinajstić information content (AvgIpc) is 2.90. The molecule has 0 fully saturated rings. The summed E-state index contributed by atoms with van der Waals surface area (Å²) in [4.78, 5) is 25.5. The van der Waals surface area contributed by atoms with E-state index in [1.165, 1.54) is 6.21 Å². The molecule has 0 aliphatic carbocycles. The second-order valence-electron chi connectivity index (χ2n) is 8.18. The molecule has 36 heavy (non-hydrogen) atoms. The molecule has 0 aliphatic rings. The molecule has 176 valence electrons. The maximum Gasteiger partial charge on any atom is 0.345 e. The molecule has 0 heterocycles. The van der Waals surface area contributed by atoms with Crippen molar-refractivity contribution in [2.24, 2.45) is 5.10 Å². The lowest BCUT2D eigenvalue weighted by Gasteiger charge is -2.11. The molecule has 5 rings (SSSR count). The van der Waals surface area contributed by atoms with Crippen molar-refractivity contribution in [2.45, 2.75) is 6.42 Å². The molecular weight excluding hydrogens is 472 g/mol. The van der Waals surface area contributed by atoms with Gasteiger partial charge in [0, 0.05) is 5.56 Å². The van der Waals surface area contributed by atoms with Crippen molar-refractivity contribution in [1.82, 2.24) is 5.43 Å². The van der Waals surface area contributed by atoms with Gasteiger partial charge in [-0.3, -0.25) is 4.79 Å². The first-order valence-corrected chi connectivity index (χ1v) is 11.7. The van der Waals surface area contributed by atoms with Crippen LogP contribution in [0.3, 0.4) is 0 Å². The quantitative estimate of drug-likeness (QED) is 0.126. The summed E-state index contributed by atoms with van der Waals surface area (Å²) in [5.41, 5.74) is 4.35. The first-order chi connectivity index (χ1) is 17.6. The highest BCUT2D eigenvalue weighted by Crippen LogP contribution is 2.28. The molecule has 0 aliphatic heterocycles. The third-order valence-corrected chi connectivity index (χ3v) is 6.17. The van der Waals surface area contributed by atoms with E-state index >= 15 is 0 Å². The predicted molar refractivity (Wildman–Crippen MR) is 144 cm³/mol. The second kappa shape index (κ2) is 10.4. The molecule has 0 bridgehead atoms. The van der Waals surface area contributed by atoms with Crippen molar-refractivity contribution in [2.75, 3.05) is 0 Å². The number of esters is 1. The molecule has 0 radical (unpaired) electrons. The van der Waals surface area contributed by atoms with E-state index in [4.69, 9.17) is 16.3 Å². The highest BCUT2D eigenvalue weighted by Gasteiger charge is 2.16. The van der Waals surface area contributed by atoms with E-state index in [1.807, 2.05) is 72.8 Å². The zero-order valence-corrected chi connectivity index (χ0v) is 19.9. The summed E-state index contributed by atoms with van der Waals surface area (Å²) in [5, 5.41) is 8.37. The van der Waals surface area contributed by atoms with E-state index in [-0.39, 0.29) is 17.9 Å². The van der Waals surface area contributed by atoms with Crippen molar-refractivity contribution in [1.29, 1.82) is 0 Å². The van der Waals surface area contributed by atoms with Crippen LogP contribution < -0.4 is 10.2 Å². The highest BCUT2D eigenvalue weighted by molar-refractivity contribution is 6.33. The Morgan fingerprint density at radius 3 is 2.25 bits per heavy atom. The summed E-state index contributed by atoms with van der Waals surface area (Å²) in [7, 11) is 0. The Morgan fingerprint density at radius 1 is 0.778 bits per heavy atom. The maximum atomic E-state index is 12.8. The number of benzene rings is 5. The molecule has 5 aromatic carbocycles. The molecule has 1 amide bonds. The van der Waals surface area contributed by atoms with Crippen LogP contribution in [-0.2, 0) is 11.2 Å². The Balaban J connectivity index is 1.39. The molecule has 0 spiro atoms. The van der Waals surface area contributed by atoms with Crippen LogP contribution >= 0.6 is 11.6 Å². The number of rotatable bonds is 6. The molecule has 1 N–H and O–H groups in total. The number of carbonyl (C=O) groups excluding carboxylic acids is 2. The van der Waals surface area contributed by atoms with Crippen LogP contribution in [0.15, 0.2) is 108 Å². The molecule has 0 saturated heterocycles. The minimum absolute atomic E-state index is 0.183. The van der Waals surface area contributed by atoms with Gasteiger partial charge in [0.2, 0.25) is 5.91 Å². The van der Waals surface area contributed by atoms with Gasteiger partial charge in [0.05, 0.1) is 23.2 Å². The number of hydrogen-bond acceptors (Lipinski definition) is 4. The van der Waals surface area contributed by atoms with Crippen LogP contribution in [0.25, 0.3) is 21.5 Å². The van der Waals surface area contributed by atoms with Gasteiger partial charge in [-0.05, 0) is 45.3 Å². The van der Waals surface area contributed by atoms with Crippen LogP contribution in [-0.4, -0.2) is 18.1 Å². The van der Waals surface area contributed by atoms with Crippen molar-refractivity contribution in [3.63, 3.8) is 0 Å². The lowest BCUT2D eigenvalue weighted by atomic mass is 10.0. The summed E-state index contributed by atoms with van der Waals surface area (Å²) in [6, 6.07) is 31.7. The predicted octanol–water partition coefficient (Wildman–Crippen LogP) is 6.56. The molecule has 0 atom stereocenters. The molecule has 0 aromatic heterocycles. The number of ether oxygens (including phenoxy) is 1. The van der Waals surface area contributed by atoms with E-state index in [0.717, 1.165) is 27.1 Å². The number of carbonyl (C=O) groups is 2. The van der Waals surface area contributed by atoms with Crippen molar-refractivity contribution in [3.8, 4) is 5.75 Å². The maximum absolute atomic E-state index is 12.8. The average molecular weight is 493 g/mol. The fourth-order valence-electron chi connectivity index (χ4n) is 4.11. The largest absolute Gasteiger partial charge is 0.422 e. The summed E-state index contributed by atoms with van der Waals surface area (Å²) < 4.78 is 5.69. The number of hydrogen-bond donors (Lipinski definition) is 1. The third-order valence-electron chi connectivity index (χ3n) is 5.84. The van der Waals surface area contributed by atoms with Crippen molar-refractivity contribution >= 4 is 51.2 Å².